The summed E-state index contributed by atoms with van der Waals surface area (Å²) in [5.74, 6) is 0.0392. The summed E-state index contributed by atoms with van der Waals surface area (Å²) in [5, 5.41) is 0. The summed E-state index contributed by atoms with van der Waals surface area (Å²) in [6, 6.07) is 0.0239. The van der Waals surface area contributed by atoms with Crippen molar-refractivity contribution in [1.82, 2.24) is 9.80 Å². The van der Waals surface area contributed by atoms with Crippen LogP contribution in [0.2, 0.25) is 0 Å². The molecule has 1 aliphatic carbocycles. The highest BCUT2D eigenvalue weighted by Crippen LogP contribution is 2.49. The number of likely N-dealkylation sites (tertiary alicyclic amines) is 1. The second-order valence-electron chi connectivity index (χ2n) is 6.49. The van der Waals surface area contributed by atoms with Crippen LogP contribution in [0.5, 0.6) is 0 Å². The molecule has 0 bridgehead atoms. The molecule has 2 amide bonds. The molecule has 1 heterocycles. The SMILES string of the molecule is CN(C)C/C=C1/C(=O)N(C(=O)OC(C)(C)C)C2CC12. The molecule has 1 saturated heterocycles. The van der Waals surface area contributed by atoms with Crippen LogP contribution in [0.15, 0.2) is 11.6 Å². The molecule has 0 aromatic heterocycles. The zero-order valence-electron chi connectivity index (χ0n) is 12.3. The molecule has 2 aliphatic rings. The minimum atomic E-state index is -0.572. The van der Waals surface area contributed by atoms with Crippen LogP contribution in [-0.4, -0.2) is 54.1 Å². The van der Waals surface area contributed by atoms with E-state index in [1.54, 1.807) is 20.8 Å². The van der Waals surface area contributed by atoms with Gasteiger partial charge >= 0.3 is 6.09 Å². The molecule has 1 aliphatic heterocycles. The van der Waals surface area contributed by atoms with E-state index in [0.29, 0.717) is 6.54 Å². The van der Waals surface area contributed by atoms with Gasteiger partial charge in [-0.1, -0.05) is 6.08 Å². The fourth-order valence-electron chi connectivity index (χ4n) is 2.30. The normalized spacial score (nSPS) is 28.0. The molecule has 1 saturated carbocycles. The number of nitrogens with zero attached hydrogens (tertiary/aromatic N) is 2. The number of imide groups is 1. The fraction of sp³-hybridized carbons (Fsp3) is 0.714. The van der Waals surface area contributed by atoms with Crippen molar-refractivity contribution in [1.29, 1.82) is 0 Å². The summed E-state index contributed by atoms with van der Waals surface area (Å²) in [4.78, 5) is 27.5. The molecule has 2 rings (SSSR count). The highest BCUT2D eigenvalue weighted by Gasteiger charge is 2.58. The van der Waals surface area contributed by atoms with Gasteiger partial charge in [0, 0.05) is 18.0 Å². The zero-order chi connectivity index (χ0) is 14.4. The Morgan fingerprint density at radius 3 is 2.63 bits per heavy atom. The Kier molecular flexibility index (Phi) is 3.43. The van der Waals surface area contributed by atoms with Gasteiger partial charge in [0.15, 0.2) is 0 Å². The molecule has 19 heavy (non-hydrogen) atoms. The lowest BCUT2D eigenvalue weighted by atomic mass is 10.1. The van der Waals surface area contributed by atoms with Crippen LogP contribution in [0.4, 0.5) is 4.79 Å². The second-order valence-corrected chi connectivity index (χ2v) is 6.49. The molecule has 106 valence electrons. The van der Waals surface area contributed by atoms with Crippen molar-refractivity contribution in [3.63, 3.8) is 0 Å². The first kappa shape index (κ1) is 14.1. The van der Waals surface area contributed by atoms with E-state index in [2.05, 4.69) is 0 Å². The Labute approximate surface area is 114 Å². The van der Waals surface area contributed by atoms with Crippen molar-refractivity contribution < 1.29 is 14.3 Å². The van der Waals surface area contributed by atoms with Crippen molar-refractivity contribution in [2.45, 2.75) is 38.8 Å². The Balaban J connectivity index is 2.08. The summed E-state index contributed by atoms with van der Waals surface area (Å²) in [7, 11) is 3.90. The molecule has 5 nitrogen and oxygen atoms in total. The second kappa shape index (κ2) is 4.63. The van der Waals surface area contributed by atoms with Crippen LogP contribution < -0.4 is 0 Å². The largest absolute Gasteiger partial charge is 0.443 e. The van der Waals surface area contributed by atoms with Crippen molar-refractivity contribution in [3.8, 4) is 0 Å². The van der Waals surface area contributed by atoms with Gasteiger partial charge in [-0.25, -0.2) is 9.69 Å². The molecular weight excluding hydrogens is 244 g/mol. The minimum absolute atomic E-state index is 0.0239. The van der Waals surface area contributed by atoms with Crippen LogP contribution in [0.3, 0.4) is 0 Å². The van der Waals surface area contributed by atoms with Gasteiger partial charge in [-0.3, -0.25) is 4.79 Å². The number of likely N-dealkylation sites (N-methyl/N-ethyl adjacent to an activating group) is 1. The minimum Gasteiger partial charge on any atom is -0.443 e. The van der Waals surface area contributed by atoms with Gasteiger partial charge in [0.2, 0.25) is 0 Å². The van der Waals surface area contributed by atoms with Crippen LogP contribution in [0, 0.1) is 5.92 Å². The summed E-state index contributed by atoms with van der Waals surface area (Å²) in [6.45, 7) is 6.13. The Hall–Kier alpha value is -1.36. The van der Waals surface area contributed by atoms with Gasteiger partial charge in [0.1, 0.15) is 5.60 Å². The van der Waals surface area contributed by atoms with Gasteiger partial charge in [0.05, 0.1) is 6.04 Å². The zero-order valence-corrected chi connectivity index (χ0v) is 12.3. The van der Waals surface area contributed by atoms with E-state index in [4.69, 9.17) is 4.74 Å². The van der Waals surface area contributed by atoms with E-state index in [-0.39, 0.29) is 17.9 Å². The van der Waals surface area contributed by atoms with Crippen LogP contribution >= 0.6 is 0 Å². The summed E-state index contributed by atoms with van der Waals surface area (Å²) in [6.07, 6.45) is 2.29. The molecule has 0 aromatic carbocycles. The summed E-state index contributed by atoms with van der Waals surface area (Å²) >= 11 is 0. The number of fused-ring (bicyclic) bond motifs is 1. The van der Waals surface area contributed by atoms with E-state index in [1.165, 1.54) is 4.90 Å². The van der Waals surface area contributed by atoms with Crippen LogP contribution in [-0.2, 0) is 9.53 Å². The molecule has 2 fully saturated rings. The van der Waals surface area contributed by atoms with Crippen molar-refractivity contribution in [3.05, 3.63) is 11.6 Å². The number of rotatable bonds is 2. The fourth-order valence-corrected chi connectivity index (χ4v) is 2.30. The number of carbonyl (C=O) groups is 2. The number of ether oxygens (including phenoxy) is 1. The third-order valence-corrected chi connectivity index (χ3v) is 3.22. The first-order chi connectivity index (χ1) is 8.70. The quantitative estimate of drug-likeness (QED) is 0.713. The number of hydrogen-bond acceptors (Lipinski definition) is 4. The lowest BCUT2D eigenvalue weighted by Crippen LogP contribution is -2.40. The molecule has 0 radical (unpaired) electrons. The lowest BCUT2D eigenvalue weighted by molar-refractivity contribution is -0.125. The van der Waals surface area contributed by atoms with Gasteiger partial charge < -0.3 is 9.64 Å². The lowest BCUT2D eigenvalue weighted by Gasteiger charge is -2.24. The maximum atomic E-state index is 12.2. The number of hydrogen-bond donors (Lipinski definition) is 0. The third kappa shape index (κ3) is 2.97. The molecule has 0 N–H and O–H groups in total. The molecule has 5 heteroatoms. The number of amides is 2. The maximum Gasteiger partial charge on any atom is 0.417 e. The number of piperidine rings is 1. The maximum absolute atomic E-state index is 12.2. The average Bonchev–Trinajstić information content (AvgIpc) is 2.90. The molecule has 0 spiro atoms. The smallest absolute Gasteiger partial charge is 0.417 e. The highest BCUT2D eigenvalue weighted by molar-refractivity contribution is 6.07. The van der Waals surface area contributed by atoms with Crippen LogP contribution in [0.25, 0.3) is 0 Å². The first-order valence-corrected chi connectivity index (χ1v) is 6.62. The molecule has 2 atom stereocenters. The summed E-state index contributed by atoms with van der Waals surface area (Å²) in [5.41, 5.74) is 0.197. The third-order valence-electron chi connectivity index (χ3n) is 3.22. The predicted molar refractivity (Wildman–Crippen MR) is 71.6 cm³/mol. The van der Waals surface area contributed by atoms with Crippen molar-refractivity contribution >= 4 is 12.0 Å². The molecule has 2 unspecified atom stereocenters. The van der Waals surface area contributed by atoms with E-state index in [0.717, 1.165) is 12.0 Å². The Bertz CT molecular complexity index is 434. The Morgan fingerprint density at radius 1 is 1.47 bits per heavy atom. The summed E-state index contributed by atoms with van der Waals surface area (Å²) < 4.78 is 5.29. The standard InChI is InChI=1S/C14H22N2O3/c1-14(2,3)19-13(18)16-11-8-10(11)9(12(16)17)6-7-15(4)5/h6,10-11H,7-8H2,1-5H3/b9-6+. The van der Waals surface area contributed by atoms with Gasteiger partial charge in [0.25, 0.3) is 5.91 Å². The van der Waals surface area contributed by atoms with Crippen LogP contribution in [0.1, 0.15) is 27.2 Å². The highest BCUT2D eigenvalue weighted by atomic mass is 16.6. The topological polar surface area (TPSA) is 49.9 Å². The van der Waals surface area contributed by atoms with Gasteiger partial charge in [-0.2, -0.15) is 0 Å². The molecular formula is C14H22N2O3. The van der Waals surface area contributed by atoms with E-state index < -0.39 is 11.7 Å². The van der Waals surface area contributed by atoms with Gasteiger partial charge in [-0.05, 0) is 41.3 Å². The van der Waals surface area contributed by atoms with E-state index in [1.807, 2.05) is 25.1 Å². The van der Waals surface area contributed by atoms with E-state index in [9.17, 15) is 9.59 Å². The Morgan fingerprint density at radius 2 is 2.11 bits per heavy atom. The van der Waals surface area contributed by atoms with Crippen molar-refractivity contribution in [2.75, 3.05) is 20.6 Å². The number of carbonyl (C=O) groups excluding carboxylic acids is 2. The monoisotopic (exact) mass is 266 g/mol. The predicted octanol–water partition coefficient (Wildman–Crippen LogP) is 1.64. The van der Waals surface area contributed by atoms with E-state index >= 15 is 0 Å². The average molecular weight is 266 g/mol. The van der Waals surface area contributed by atoms with Gasteiger partial charge in [-0.15, -0.1) is 0 Å². The first-order valence-electron chi connectivity index (χ1n) is 6.62. The molecule has 0 aromatic rings. The van der Waals surface area contributed by atoms with Crippen molar-refractivity contribution in [2.24, 2.45) is 5.92 Å².